The van der Waals surface area contributed by atoms with E-state index >= 15 is 0 Å². The Morgan fingerprint density at radius 2 is 1.75 bits per heavy atom. The normalized spacial score (nSPS) is 27.6. The Balaban J connectivity index is 1.68. The van der Waals surface area contributed by atoms with Crippen LogP contribution in [0.25, 0.3) is 0 Å². The average molecular weight is 620 g/mol. The number of halogens is 1. The molecule has 3 fully saturated rings. The fraction of sp³-hybridized carbons (Fsp3) is 0.457. The zero-order valence-corrected chi connectivity index (χ0v) is 26.3. The summed E-state index contributed by atoms with van der Waals surface area (Å²) < 4.78 is 7.00. The first-order valence-electron chi connectivity index (χ1n) is 15.5. The molecule has 2 aromatic carbocycles. The van der Waals surface area contributed by atoms with Crippen LogP contribution >= 0.6 is 11.6 Å². The summed E-state index contributed by atoms with van der Waals surface area (Å²) in [5.41, 5.74) is -0.830. The molecule has 6 atom stereocenters. The number of benzene rings is 2. The molecule has 44 heavy (non-hydrogen) atoms. The van der Waals surface area contributed by atoms with Crippen LogP contribution < -0.4 is 4.90 Å². The first-order valence-corrected chi connectivity index (χ1v) is 15.9. The molecular weight excluding hydrogens is 578 g/mol. The van der Waals surface area contributed by atoms with Gasteiger partial charge in [0.1, 0.15) is 11.6 Å². The Kier molecular flexibility index (Phi) is 9.35. The predicted molar refractivity (Wildman–Crippen MR) is 171 cm³/mol. The van der Waals surface area contributed by atoms with Gasteiger partial charge < -0.3 is 24.5 Å². The Morgan fingerprint density at radius 3 is 2.34 bits per heavy atom. The summed E-state index contributed by atoms with van der Waals surface area (Å²) in [6.07, 6.45) is 5.60. The van der Waals surface area contributed by atoms with Crippen molar-refractivity contribution in [1.82, 2.24) is 9.80 Å². The zero-order valence-electron chi connectivity index (χ0n) is 25.5. The highest BCUT2D eigenvalue weighted by molar-refractivity contribution is 6.30. The summed E-state index contributed by atoms with van der Waals surface area (Å²) in [6, 6.07) is 14.2. The molecule has 2 unspecified atom stereocenters. The van der Waals surface area contributed by atoms with Gasteiger partial charge in [0.25, 0.3) is 5.91 Å². The van der Waals surface area contributed by atoms with E-state index in [9.17, 15) is 19.5 Å². The highest BCUT2D eigenvalue weighted by Gasteiger charge is 2.79. The molecule has 0 radical (unpaired) electrons. The molecule has 2 bridgehead atoms. The number of carbonyl (C=O) groups excluding carboxylic acids is 3. The first kappa shape index (κ1) is 31.9. The summed E-state index contributed by atoms with van der Waals surface area (Å²) >= 11 is 6.17. The molecule has 0 aromatic heterocycles. The van der Waals surface area contributed by atoms with Gasteiger partial charge in [-0.3, -0.25) is 14.4 Å². The van der Waals surface area contributed by atoms with E-state index in [0.717, 1.165) is 6.42 Å². The number of rotatable bonds is 13. The zero-order chi connectivity index (χ0) is 31.6. The van der Waals surface area contributed by atoms with E-state index in [-0.39, 0.29) is 24.3 Å². The lowest BCUT2D eigenvalue weighted by Gasteiger charge is -2.39. The summed E-state index contributed by atoms with van der Waals surface area (Å²) in [4.78, 5) is 49.1. The second-order valence-corrected chi connectivity index (χ2v) is 12.4. The molecule has 3 heterocycles. The molecule has 0 saturated carbocycles. The van der Waals surface area contributed by atoms with Crippen LogP contribution in [0.15, 0.2) is 79.9 Å². The minimum absolute atomic E-state index is 0.150. The number of likely N-dealkylation sites (tertiary alicyclic amines) is 1. The number of carbonyl (C=O) groups is 3. The van der Waals surface area contributed by atoms with Gasteiger partial charge in [-0.25, -0.2) is 0 Å². The lowest BCUT2D eigenvalue weighted by Crippen LogP contribution is -2.57. The molecule has 3 aliphatic rings. The highest BCUT2D eigenvalue weighted by Crippen LogP contribution is 2.65. The van der Waals surface area contributed by atoms with Gasteiger partial charge in [-0.1, -0.05) is 67.9 Å². The van der Waals surface area contributed by atoms with E-state index in [1.807, 2.05) is 44.2 Å². The number of amides is 3. The Hall–Kier alpha value is -3.46. The van der Waals surface area contributed by atoms with Crippen LogP contribution in [0.3, 0.4) is 0 Å². The van der Waals surface area contributed by atoms with Gasteiger partial charge in [0.05, 0.1) is 30.1 Å². The van der Waals surface area contributed by atoms with Gasteiger partial charge in [-0.05, 0) is 55.5 Å². The minimum atomic E-state index is -1.25. The maximum atomic E-state index is 14.9. The molecule has 5 rings (SSSR count). The maximum absolute atomic E-state index is 14.9. The third kappa shape index (κ3) is 5.07. The monoisotopic (exact) mass is 619 g/mol. The van der Waals surface area contributed by atoms with E-state index in [1.54, 1.807) is 46.2 Å². The lowest BCUT2D eigenvalue weighted by molar-refractivity contribution is -0.153. The number of aliphatic hydroxyl groups excluding tert-OH is 1. The fourth-order valence-electron chi connectivity index (χ4n) is 7.81. The minimum Gasteiger partial charge on any atom is -0.394 e. The fourth-order valence-corrected chi connectivity index (χ4v) is 7.94. The van der Waals surface area contributed by atoms with Crippen LogP contribution in [-0.2, 0) is 19.1 Å². The number of ether oxygens (including phenoxy) is 1. The van der Waals surface area contributed by atoms with Crippen LogP contribution in [0.5, 0.6) is 0 Å². The van der Waals surface area contributed by atoms with Crippen LogP contribution in [-0.4, -0.2) is 76.1 Å². The van der Waals surface area contributed by atoms with E-state index in [2.05, 4.69) is 13.2 Å². The van der Waals surface area contributed by atoms with Crippen molar-refractivity contribution in [3.05, 3.63) is 90.5 Å². The quantitative estimate of drug-likeness (QED) is 0.313. The third-order valence-electron chi connectivity index (χ3n) is 9.68. The van der Waals surface area contributed by atoms with Crippen molar-refractivity contribution in [2.75, 3.05) is 31.1 Å². The van der Waals surface area contributed by atoms with Crippen LogP contribution in [0.4, 0.5) is 5.69 Å². The standard InChI is InChI=1S/C35H42ClN3O5/c1-5-20-37(21-6-2)31(41)28-29-32(42)39(27(23-40)24-12-10-9-11-13-24)30(35(29)19-18-34(28,8-4)44-35)33(43)38(22-7-3)26-16-14-25(36)15-17-26/h5,7,9-17,27-30,40H,1,3,6,8,18-23H2,2,4H3/t27-,28+,29+,30?,34-,35?/m1/s1. The second-order valence-electron chi connectivity index (χ2n) is 12.0. The van der Waals surface area contributed by atoms with Gasteiger partial charge in [0.15, 0.2) is 0 Å². The van der Waals surface area contributed by atoms with Crippen molar-refractivity contribution in [2.24, 2.45) is 11.8 Å². The molecule has 8 nitrogen and oxygen atoms in total. The topological polar surface area (TPSA) is 90.4 Å². The van der Waals surface area contributed by atoms with Gasteiger partial charge in [0.2, 0.25) is 11.8 Å². The molecule has 3 amide bonds. The van der Waals surface area contributed by atoms with Crippen LogP contribution in [0, 0.1) is 11.8 Å². The second kappa shape index (κ2) is 12.9. The number of nitrogens with zero attached hydrogens (tertiary/aromatic N) is 3. The van der Waals surface area contributed by atoms with E-state index in [4.69, 9.17) is 16.3 Å². The molecule has 2 aromatic rings. The molecule has 1 spiro atoms. The Labute approximate surface area is 264 Å². The number of fused-ring (bicyclic) bond motifs is 1. The van der Waals surface area contributed by atoms with Crippen LogP contribution in [0.1, 0.15) is 51.1 Å². The molecule has 3 aliphatic heterocycles. The van der Waals surface area contributed by atoms with Gasteiger partial charge >= 0.3 is 0 Å². The first-order chi connectivity index (χ1) is 21.2. The van der Waals surface area contributed by atoms with Crippen LogP contribution in [0.2, 0.25) is 5.02 Å². The number of hydrogen-bond donors (Lipinski definition) is 1. The number of anilines is 1. The molecule has 0 aliphatic carbocycles. The summed E-state index contributed by atoms with van der Waals surface area (Å²) in [5, 5.41) is 11.3. The summed E-state index contributed by atoms with van der Waals surface area (Å²) in [5.74, 6) is -2.49. The van der Waals surface area contributed by atoms with Gasteiger partial charge in [0, 0.05) is 30.3 Å². The molecule has 9 heteroatoms. The lowest BCUT2D eigenvalue weighted by atomic mass is 9.64. The Morgan fingerprint density at radius 1 is 1.07 bits per heavy atom. The van der Waals surface area contributed by atoms with Crippen molar-refractivity contribution in [3.63, 3.8) is 0 Å². The van der Waals surface area contributed by atoms with Crippen molar-refractivity contribution >= 4 is 35.0 Å². The summed E-state index contributed by atoms with van der Waals surface area (Å²) in [7, 11) is 0. The SMILES string of the molecule is C=CCN(CCC)C(=O)[C@@H]1[C@H]2C(=O)N([C@H](CO)c3ccccc3)C(C(=O)N(CC=C)c3ccc(Cl)cc3)C23CC[C@@]1(CC)O3. The van der Waals surface area contributed by atoms with Crippen molar-refractivity contribution in [3.8, 4) is 0 Å². The van der Waals surface area contributed by atoms with Crippen molar-refractivity contribution < 1.29 is 24.2 Å². The molecule has 234 valence electrons. The molecule has 1 N–H and O–H groups in total. The van der Waals surface area contributed by atoms with Crippen molar-refractivity contribution in [1.29, 1.82) is 0 Å². The highest BCUT2D eigenvalue weighted by atomic mass is 35.5. The maximum Gasteiger partial charge on any atom is 0.253 e. The summed E-state index contributed by atoms with van der Waals surface area (Å²) in [6.45, 7) is 12.4. The van der Waals surface area contributed by atoms with E-state index in [0.29, 0.717) is 48.6 Å². The Bertz CT molecular complexity index is 1400. The smallest absolute Gasteiger partial charge is 0.253 e. The predicted octanol–water partition coefficient (Wildman–Crippen LogP) is 5.17. The third-order valence-corrected chi connectivity index (χ3v) is 9.93. The van der Waals surface area contributed by atoms with Crippen molar-refractivity contribution in [2.45, 2.75) is 62.8 Å². The van der Waals surface area contributed by atoms with Gasteiger partial charge in [-0.15, -0.1) is 13.2 Å². The van der Waals surface area contributed by atoms with E-state index < -0.39 is 41.7 Å². The largest absolute Gasteiger partial charge is 0.394 e. The molecular formula is C35H42ClN3O5. The van der Waals surface area contributed by atoms with Gasteiger partial charge in [-0.2, -0.15) is 0 Å². The molecule has 3 saturated heterocycles. The van der Waals surface area contributed by atoms with E-state index in [1.165, 1.54) is 4.90 Å². The number of aliphatic hydroxyl groups is 1. The average Bonchev–Trinajstić information content (AvgIpc) is 3.64. The number of hydrogen-bond acceptors (Lipinski definition) is 5.